The van der Waals surface area contributed by atoms with Crippen LogP contribution in [0.25, 0.3) is 0 Å². The van der Waals surface area contributed by atoms with Gasteiger partial charge in [-0.2, -0.15) is 0 Å². The molecule has 1 saturated heterocycles. The van der Waals surface area contributed by atoms with Crippen molar-refractivity contribution in [2.24, 2.45) is 0 Å². The van der Waals surface area contributed by atoms with Gasteiger partial charge >= 0.3 is 0 Å². The molecular formula is C15H17ClN4O2S. The predicted molar refractivity (Wildman–Crippen MR) is 92.3 cm³/mol. The molecule has 122 valence electrons. The highest BCUT2D eigenvalue weighted by atomic mass is 35.5. The molecule has 2 aromatic rings. The molecule has 1 fully saturated rings. The molecule has 2 heterocycles. The Morgan fingerprint density at radius 1 is 1.30 bits per heavy atom. The van der Waals surface area contributed by atoms with Gasteiger partial charge in [0.05, 0.1) is 26.8 Å². The monoisotopic (exact) mass is 352 g/mol. The minimum atomic E-state index is -0.423. The minimum absolute atomic E-state index is 0.0266. The first-order chi connectivity index (χ1) is 11.1. The second-order valence-corrected chi connectivity index (χ2v) is 6.62. The van der Waals surface area contributed by atoms with Crippen LogP contribution in [0.1, 0.15) is 12.1 Å². The lowest BCUT2D eigenvalue weighted by Crippen LogP contribution is -2.30. The summed E-state index contributed by atoms with van der Waals surface area (Å²) in [5, 5.41) is 13.3. The van der Waals surface area contributed by atoms with Crippen molar-refractivity contribution in [1.82, 2.24) is 9.88 Å². The molecule has 3 rings (SSSR count). The summed E-state index contributed by atoms with van der Waals surface area (Å²) in [5.74, 6) is 0. The van der Waals surface area contributed by atoms with E-state index in [1.165, 1.54) is 12.1 Å². The van der Waals surface area contributed by atoms with Crippen LogP contribution in [0.2, 0.25) is 5.02 Å². The number of halogens is 1. The van der Waals surface area contributed by atoms with Crippen molar-refractivity contribution in [1.29, 1.82) is 0 Å². The summed E-state index contributed by atoms with van der Waals surface area (Å²) in [5.41, 5.74) is 3.86. The van der Waals surface area contributed by atoms with E-state index in [1.807, 2.05) is 5.51 Å². The van der Waals surface area contributed by atoms with Crippen LogP contribution in [-0.4, -0.2) is 41.0 Å². The highest BCUT2D eigenvalue weighted by molar-refractivity contribution is 7.07. The van der Waals surface area contributed by atoms with E-state index >= 15 is 0 Å². The summed E-state index contributed by atoms with van der Waals surface area (Å²) in [7, 11) is 0. The fraction of sp³-hybridized carbons (Fsp3) is 0.400. The third-order valence-electron chi connectivity index (χ3n) is 3.94. The van der Waals surface area contributed by atoms with Gasteiger partial charge < -0.3 is 4.90 Å². The quantitative estimate of drug-likeness (QED) is 0.623. The van der Waals surface area contributed by atoms with Crippen molar-refractivity contribution < 1.29 is 4.92 Å². The van der Waals surface area contributed by atoms with Gasteiger partial charge in [0.25, 0.3) is 5.69 Å². The first-order valence-electron chi connectivity index (χ1n) is 7.42. The molecule has 0 amide bonds. The van der Waals surface area contributed by atoms with Crippen LogP contribution in [0.5, 0.6) is 0 Å². The Morgan fingerprint density at radius 3 is 2.87 bits per heavy atom. The Kier molecular flexibility index (Phi) is 5.09. The Balaban J connectivity index is 1.67. The first-order valence-corrected chi connectivity index (χ1v) is 8.74. The Labute approximate surface area is 143 Å². The number of hydrogen-bond donors (Lipinski definition) is 0. The van der Waals surface area contributed by atoms with Crippen LogP contribution < -0.4 is 4.90 Å². The van der Waals surface area contributed by atoms with Crippen LogP contribution in [0.15, 0.2) is 29.1 Å². The van der Waals surface area contributed by atoms with E-state index in [-0.39, 0.29) is 5.69 Å². The molecular weight excluding hydrogens is 336 g/mol. The van der Waals surface area contributed by atoms with Gasteiger partial charge in [0, 0.05) is 50.2 Å². The van der Waals surface area contributed by atoms with Crippen LogP contribution in [0.4, 0.5) is 11.4 Å². The molecule has 0 spiro atoms. The number of rotatable bonds is 4. The van der Waals surface area contributed by atoms with Gasteiger partial charge in [-0.25, -0.2) is 4.98 Å². The van der Waals surface area contributed by atoms with E-state index in [0.717, 1.165) is 50.5 Å². The van der Waals surface area contributed by atoms with E-state index in [0.29, 0.717) is 5.02 Å². The van der Waals surface area contributed by atoms with Crippen LogP contribution in [0.3, 0.4) is 0 Å². The van der Waals surface area contributed by atoms with Gasteiger partial charge in [-0.05, 0) is 12.5 Å². The summed E-state index contributed by atoms with van der Waals surface area (Å²) in [6, 6.07) is 4.69. The fourth-order valence-electron chi connectivity index (χ4n) is 2.78. The second-order valence-electron chi connectivity index (χ2n) is 5.49. The zero-order chi connectivity index (χ0) is 16.2. The van der Waals surface area contributed by atoms with Gasteiger partial charge in [0.15, 0.2) is 0 Å². The number of hydrogen-bond acceptors (Lipinski definition) is 6. The second kappa shape index (κ2) is 7.25. The maximum absolute atomic E-state index is 10.8. The molecule has 0 radical (unpaired) electrons. The number of aromatic nitrogens is 1. The molecule has 0 atom stereocenters. The van der Waals surface area contributed by atoms with Crippen molar-refractivity contribution in [3.8, 4) is 0 Å². The Bertz CT molecular complexity index is 680. The van der Waals surface area contributed by atoms with Crippen molar-refractivity contribution in [2.75, 3.05) is 31.1 Å². The van der Waals surface area contributed by atoms with Crippen LogP contribution >= 0.6 is 22.9 Å². The maximum atomic E-state index is 10.8. The van der Waals surface area contributed by atoms with E-state index < -0.39 is 4.92 Å². The predicted octanol–water partition coefficient (Wildman–Crippen LogP) is 3.42. The van der Waals surface area contributed by atoms with Crippen molar-refractivity contribution in [3.05, 3.63) is 49.9 Å². The number of non-ortho nitro benzene ring substituents is 1. The SMILES string of the molecule is O=[N+]([O-])c1ccc(N2CCCN(Cc3cscn3)CC2)c(Cl)c1. The first kappa shape index (κ1) is 16.2. The van der Waals surface area contributed by atoms with Crippen LogP contribution in [-0.2, 0) is 6.54 Å². The molecule has 1 aromatic heterocycles. The molecule has 0 bridgehead atoms. The lowest BCUT2D eigenvalue weighted by Gasteiger charge is -2.24. The summed E-state index contributed by atoms with van der Waals surface area (Å²) < 4.78 is 0. The lowest BCUT2D eigenvalue weighted by molar-refractivity contribution is -0.384. The highest BCUT2D eigenvalue weighted by Crippen LogP contribution is 2.30. The molecule has 1 aromatic carbocycles. The van der Waals surface area contributed by atoms with Gasteiger partial charge in [-0.3, -0.25) is 15.0 Å². The average molecular weight is 353 g/mol. The minimum Gasteiger partial charge on any atom is -0.369 e. The molecule has 6 nitrogen and oxygen atoms in total. The van der Waals surface area contributed by atoms with Crippen molar-refractivity contribution >= 4 is 34.3 Å². The van der Waals surface area contributed by atoms with E-state index in [2.05, 4.69) is 20.2 Å². The van der Waals surface area contributed by atoms with E-state index in [9.17, 15) is 10.1 Å². The normalized spacial score (nSPS) is 16.3. The molecule has 0 aliphatic carbocycles. The number of anilines is 1. The lowest BCUT2D eigenvalue weighted by atomic mass is 10.2. The van der Waals surface area contributed by atoms with E-state index in [1.54, 1.807) is 17.4 Å². The van der Waals surface area contributed by atoms with Gasteiger partial charge in [0.2, 0.25) is 0 Å². The van der Waals surface area contributed by atoms with Crippen molar-refractivity contribution in [3.63, 3.8) is 0 Å². The smallest absolute Gasteiger partial charge is 0.271 e. The molecule has 23 heavy (non-hydrogen) atoms. The Hall–Kier alpha value is -1.70. The number of nitro groups is 1. The fourth-order valence-corrected chi connectivity index (χ4v) is 3.62. The van der Waals surface area contributed by atoms with Crippen molar-refractivity contribution in [2.45, 2.75) is 13.0 Å². The standard InChI is InChI=1S/C15H17ClN4O2S/c16-14-8-13(20(21)22)2-3-15(14)19-5-1-4-18(6-7-19)9-12-10-23-11-17-12/h2-3,8,10-11H,1,4-7,9H2. The van der Waals surface area contributed by atoms with Gasteiger partial charge in [-0.1, -0.05) is 11.6 Å². The van der Waals surface area contributed by atoms with E-state index in [4.69, 9.17) is 11.6 Å². The summed E-state index contributed by atoms with van der Waals surface area (Å²) >= 11 is 7.86. The molecule has 1 aliphatic rings. The number of benzene rings is 1. The molecule has 0 N–H and O–H groups in total. The summed E-state index contributed by atoms with van der Waals surface area (Å²) in [6.45, 7) is 4.54. The molecule has 1 aliphatic heterocycles. The summed E-state index contributed by atoms with van der Waals surface area (Å²) in [4.78, 5) is 19.3. The molecule has 8 heteroatoms. The molecule has 0 saturated carbocycles. The number of nitro benzene ring substituents is 1. The third kappa shape index (κ3) is 3.99. The topological polar surface area (TPSA) is 62.5 Å². The maximum Gasteiger partial charge on any atom is 0.271 e. The Morgan fingerprint density at radius 2 is 2.17 bits per heavy atom. The van der Waals surface area contributed by atoms with Gasteiger partial charge in [-0.15, -0.1) is 11.3 Å². The third-order valence-corrected chi connectivity index (χ3v) is 4.88. The average Bonchev–Trinajstić information content (AvgIpc) is 2.92. The number of nitrogens with zero attached hydrogens (tertiary/aromatic N) is 4. The number of thiazole rings is 1. The highest BCUT2D eigenvalue weighted by Gasteiger charge is 2.19. The zero-order valence-corrected chi connectivity index (χ0v) is 14.1. The zero-order valence-electron chi connectivity index (χ0n) is 12.5. The summed E-state index contributed by atoms with van der Waals surface area (Å²) in [6.07, 6.45) is 1.03. The van der Waals surface area contributed by atoms with Crippen LogP contribution in [0, 0.1) is 10.1 Å². The van der Waals surface area contributed by atoms with Gasteiger partial charge in [0.1, 0.15) is 0 Å². The molecule has 0 unspecified atom stereocenters. The largest absolute Gasteiger partial charge is 0.369 e.